The minimum absolute atomic E-state index is 0.104. The van der Waals surface area contributed by atoms with E-state index in [9.17, 15) is 9.18 Å². The molecule has 0 unspecified atom stereocenters. The molecule has 31 heavy (non-hydrogen) atoms. The molecule has 2 aromatic carbocycles. The molecule has 0 bridgehead atoms. The van der Waals surface area contributed by atoms with Gasteiger partial charge < -0.3 is 14.2 Å². The van der Waals surface area contributed by atoms with Crippen molar-refractivity contribution in [3.05, 3.63) is 71.1 Å². The Labute approximate surface area is 183 Å². The van der Waals surface area contributed by atoms with Crippen LogP contribution in [0.1, 0.15) is 57.7 Å². The van der Waals surface area contributed by atoms with Crippen LogP contribution in [0.15, 0.2) is 54.4 Å². The number of carbonyl (C=O) groups is 1. The summed E-state index contributed by atoms with van der Waals surface area (Å²) < 4.78 is 31.8. The molecule has 0 fully saturated rings. The van der Waals surface area contributed by atoms with Crippen molar-refractivity contribution in [2.24, 2.45) is 0 Å². The van der Waals surface area contributed by atoms with Crippen LogP contribution in [0.25, 0.3) is 11.1 Å². The van der Waals surface area contributed by atoms with Crippen LogP contribution in [-0.4, -0.2) is 24.8 Å². The number of halogens is 1. The first-order chi connectivity index (χ1) is 14.8. The van der Waals surface area contributed by atoms with Gasteiger partial charge in [0.1, 0.15) is 17.1 Å². The predicted octanol–water partition coefficient (Wildman–Crippen LogP) is 6.34. The number of rotatable bonds is 7. The Morgan fingerprint density at radius 1 is 1.13 bits per heavy atom. The summed E-state index contributed by atoms with van der Waals surface area (Å²) in [5, 5.41) is 0. The fourth-order valence-corrected chi connectivity index (χ4v) is 3.54. The fourth-order valence-electron chi connectivity index (χ4n) is 3.54. The molecular formula is C26H29FO4. The molecule has 1 aliphatic rings. The highest BCUT2D eigenvalue weighted by molar-refractivity contribution is 5.96. The molecule has 0 amide bonds. The summed E-state index contributed by atoms with van der Waals surface area (Å²) >= 11 is 0. The van der Waals surface area contributed by atoms with Crippen LogP contribution in [0.4, 0.5) is 4.39 Å². The van der Waals surface area contributed by atoms with Crippen LogP contribution in [0.5, 0.6) is 11.5 Å². The van der Waals surface area contributed by atoms with E-state index in [-0.39, 0.29) is 12.2 Å². The number of hydrogen-bond donors (Lipinski definition) is 0. The standard InChI is InChI=1S/C26H29FO4/c1-6-13-30-22-15-23-20(14-19(22)17(3)24(27)25(28)29-7-2)21(16-26(4,5)31-23)18-11-9-8-10-12-18/h8-12,14-16H,6-7,13H2,1-5H3. The number of fused-ring (bicyclic) bond motifs is 1. The van der Waals surface area contributed by atoms with Gasteiger partial charge in [0.25, 0.3) is 0 Å². The Kier molecular flexibility index (Phi) is 6.84. The lowest BCUT2D eigenvalue weighted by Crippen LogP contribution is -2.29. The lowest BCUT2D eigenvalue weighted by atomic mass is 9.88. The topological polar surface area (TPSA) is 44.8 Å². The summed E-state index contributed by atoms with van der Waals surface area (Å²) in [6.45, 7) is 9.75. The van der Waals surface area contributed by atoms with Crippen LogP contribution in [0, 0.1) is 0 Å². The SMILES string of the molecule is CCCOc1cc2c(cc1C(C)=C(F)C(=O)OCC)C(c1ccccc1)=CC(C)(C)O2. The second-order valence-electron chi connectivity index (χ2n) is 7.98. The van der Waals surface area contributed by atoms with Crippen molar-refractivity contribution in [3.63, 3.8) is 0 Å². The third kappa shape index (κ3) is 4.98. The van der Waals surface area contributed by atoms with Gasteiger partial charge in [-0.15, -0.1) is 0 Å². The third-order valence-corrected chi connectivity index (χ3v) is 4.97. The summed E-state index contributed by atoms with van der Waals surface area (Å²) in [7, 11) is 0. The van der Waals surface area contributed by atoms with E-state index in [1.165, 1.54) is 0 Å². The van der Waals surface area contributed by atoms with E-state index in [1.807, 2.05) is 57.2 Å². The Hall–Kier alpha value is -3.08. The first-order valence-electron chi connectivity index (χ1n) is 10.6. The summed E-state index contributed by atoms with van der Waals surface area (Å²) in [5.41, 5.74) is 2.98. The Balaban J connectivity index is 2.21. The quantitative estimate of drug-likeness (QED) is 0.384. The maximum atomic E-state index is 14.8. The Bertz CT molecular complexity index is 1020. The van der Waals surface area contributed by atoms with Gasteiger partial charge in [-0.2, -0.15) is 4.39 Å². The van der Waals surface area contributed by atoms with Crippen LogP contribution in [0.2, 0.25) is 0 Å². The number of hydrogen-bond acceptors (Lipinski definition) is 4. The van der Waals surface area contributed by atoms with Gasteiger partial charge in [-0.3, -0.25) is 0 Å². The maximum absolute atomic E-state index is 14.8. The molecule has 5 heteroatoms. The van der Waals surface area contributed by atoms with Gasteiger partial charge in [0.15, 0.2) is 0 Å². The minimum atomic E-state index is -0.977. The Morgan fingerprint density at radius 2 is 1.84 bits per heavy atom. The van der Waals surface area contributed by atoms with Crippen molar-refractivity contribution >= 4 is 17.1 Å². The lowest BCUT2D eigenvalue weighted by Gasteiger charge is -2.32. The molecule has 0 atom stereocenters. The second-order valence-corrected chi connectivity index (χ2v) is 7.98. The fraction of sp³-hybridized carbons (Fsp3) is 0.346. The van der Waals surface area contributed by atoms with E-state index in [0.717, 1.165) is 23.1 Å². The molecule has 4 nitrogen and oxygen atoms in total. The van der Waals surface area contributed by atoms with E-state index in [0.29, 0.717) is 23.7 Å². The van der Waals surface area contributed by atoms with Gasteiger partial charge in [0.2, 0.25) is 5.83 Å². The molecule has 3 rings (SSSR count). The van der Waals surface area contributed by atoms with Gasteiger partial charge in [-0.1, -0.05) is 37.3 Å². The van der Waals surface area contributed by atoms with Crippen molar-refractivity contribution in [3.8, 4) is 11.5 Å². The molecular weight excluding hydrogens is 395 g/mol. The van der Waals surface area contributed by atoms with E-state index < -0.39 is 17.4 Å². The minimum Gasteiger partial charge on any atom is -0.493 e. The average molecular weight is 425 g/mol. The van der Waals surface area contributed by atoms with E-state index in [4.69, 9.17) is 14.2 Å². The molecule has 0 radical (unpaired) electrons. The number of benzene rings is 2. The van der Waals surface area contributed by atoms with Gasteiger partial charge in [0.05, 0.1) is 13.2 Å². The smallest absolute Gasteiger partial charge is 0.367 e. The van der Waals surface area contributed by atoms with Crippen LogP contribution in [-0.2, 0) is 9.53 Å². The first-order valence-corrected chi connectivity index (χ1v) is 10.6. The highest BCUT2D eigenvalue weighted by Gasteiger charge is 2.30. The summed E-state index contributed by atoms with van der Waals surface area (Å²) in [5.74, 6) is -0.769. The zero-order valence-corrected chi connectivity index (χ0v) is 18.8. The predicted molar refractivity (Wildman–Crippen MR) is 121 cm³/mol. The molecule has 0 N–H and O–H groups in total. The largest absolute Gasteiger partial charge is 0.493 e. The number of ether oxygens (including phenoxy) is 3. The number of allylic oxidation sites excluding steroid dienone is 1. The summed E-state index contributed by atoms with van der Waals surface area (Å²) in [4.78, 5) is 12.0. The van der Waals surface area contributed by atoms with Gasteiger partial charge >= 0.3 is 5.97 Å². The van der Waals surface area contributed by atoms with Crippen LogP contribution >= 0.6 is 0 Å². The second kappa shape index (κ2) is 9.38. The molecule has 0 aliphatic carbocycles. The van der Waals surface area contributed by atoms with E-state index >= 15 is 0 Å². The first kappa shape index (κ1) is 22.6. The van der Waals surface area contributed by atoms with Gasteiger partial charge in [0, 0.05) is 22.8 Å². The van der Waals surface area contributed by atoms with Crippen LogP contribution < -0.4 is 9.47 Å². The van der Waals surface area contributed by atoms with Crippen molar-refractivity contribution in [2.45, 2.75) is 46.6 Å². The Morgan fingerprint density at radius 3 is 2.48 bits per heavy atom. The van der Waals surface area contributed by atoms with E-state index in [2.05, 4.69) is 6.08 Å². The number of carbonyl (C=O) groups excluding carboxylic acids is 1. The maximum Gasteiger partial charge on any atom is 0.367 e. The summed E-state index contributed by atoms with van der Waals surface area (Å²) in [6.07, 6.45) is 2.85. The molecule has 0 saturated heterocycles. The van der Waals surface area contributed by atoms with Crippen molar-refractivity contribution < 1.29 is 23.4 Å². The zero-order chi connectivity index (χ0) is 22.6. The molecule has 164 valence electrons. The van der Waals surface area contributed by atoms with Crippen molar-refractivity contribution in [1.82, 2.24) is 0 Å². The van der Waals surface area contributed by atoms with Crippen LogP contribution in [0.3, 0.4) is 0 Å². The molecule has 0 spiro atoms. The molecule has 1 aliphatic heterocycles. The third-order valence-electron chi connectivity index (χ3n) is 4.97. The monoisotopic (exact) mass is 424 g/mol. The number of esters is 1. The normalized spacial score (nSPS) is 15.2. The van der Waals surface area contributed by atoms with Crippen molar-refractivity contribution in [2.75, 3.05) is 13.2 Å². The van der Waals surface area contributed by atoms with Gasteiger partial charge in [-0.25, -0.2) is 4.79 Å². The molecule has 0 saturated carbocycles. The lowest BCUT2D eigenvalue weighted by molar-refractivity contribution is -0.140. The highest BCUT2D eigenvalue weighted by atomic mass is 19.1. The molecule has 2 aromatic rings. The van der Waals surface area contributed by atoms with Crippen molar-refractivity contribution in [1.29, 1.82) is 0 Å². The van der Waals surface area contributed by atoms with E-state index in [1.54, 1.807) is 19.9 Å². The molecule has 1 heterocycles. The summed E-state index contributed by atoms with van der Waals surface area (Å²) in [6, 6.07) is 13.6. The zero-order valence-electron chi connectivity index (χ0n) is 18.8. The highest BCUT2D eigenvalue weighted by Crippen LogP contribution is 2.44. The average Bonchev–Trinajstić information content (AvgIpc) is 2.75. The van der Waals surface area contributed by atoms with Gasteiger partial charge in [-0.05, 0) is 57.4 Å². The molecule has 0 aromatic heterocycles.